The zero-order valence-corrected chi connectivity index (χ0v) is 8.41. The second-order valence-electron chi connectivity index (χ2n) is 3.46. The summed E-state index contributed by atoms with van der Waals surface area (Å²) in [4.78, 5) is 10.8. The summed E-state index contributed by atoms with van der Waals surface area (Å²) in [6.45, 7) is 4.32. The van der Waals surface area contributed by atoms with Crippen molar-refractivity contribution in [3.63, 3.8) is 0 Å². The average molecular weight is 186 g/mol. The van der Waals surface area contributed by atoms with Crippen LogP contribution < -0.4 is 0 Å². The summed E-state index contributed by atoms with van der Waals surface area (Å²) in [6, 6.07) is 0. The van der Waals surface area contributed by atoms with Crippen LogP contribution in [-0.4, -0.2) is 24.8 Å². The van der Waals surface area contributed by atoms with E-state index in [0.717, 1.165) is 32.3 Å². The molecule has 3 heteroatoms. The lowest BCUT2D eigenvalue weighted by Gasteiger charge is -2.23. The molecule has 0 saturated carbocycles. The molecule has 1 saturated heterocycles. The molecule has 0 amide bonds. The Morgan fingerprint density at radius 3 is 2.92 bits per heavy atom. The van der Waals surface area contributed by atoms with Crippen molar-refractivity contribution in [1.82, 2.24) is 0 Å². The lowest BCUT2D eigenvalue weighted by molar-refractivity contribution is -0.154. The Kier molecular flexibility index (Phi) is 4.22. The van der Waals surface area contributed by atoms with E-state index >= 15 is 0 Å². The van der Waals surface area contributed by atoms with Crippen molar-refractivity contribution >= 4 is 5.97 Å². The number of rotatable bonds is 2. The van der Waals surface area contributed by atoms with Crippen LogP contribution >= 0.6 is 0 Å². The first-order chi connectivity index (χ1) is 6.24. The minimum absolute atomic E-state index is 0.0231. The fourth-order valence-electron chi connectivity index (χ4n) is 1.70. The van der Waals surface area contributed by atoms with Crippen LogP contribution in [-0.2, 0) is 14.3 Å². The Morgan fingerprint density at radius 1 is 1.54 bits per heavy atom. The van der Waals surface area contributed by atoms with Crippen LogP contribution in [0.2, 0.25) is 0 Å². The second-order valence-corrected chi connectivity index (χ2v) is 3.46. The van der Waals surface area contributed by atoms with Gasteiger partial charge in [-0.1, -0.05) is 6.92 Å². The Labute approximate surface area is 79.4 Å². The second kappa shape index (κ2) is 5.22. The fourth-order valence-corrected chi connectivity index (χ4v) is 1.70. The van der Waals surface area contributed by atoms with Gasteiger partial charge in [-0.15, -0.1) is 0 Å². The molecule has 1 heterocycles. The monoisotopic (exact) mass is 186 g/mol. The highest BCUT2D eigenvalue weighted by molar-refractivity contribution is 5.66. The van der Waals surface area contributed by atoms with Gasteiger partial charge in [0.05, 0.1) is 6.10 Å². The Morgan fingerprint density at radius 2 is 2.31 bits per heavy atom. The van der Waals surface area contributed by atoms with E-state index in [1.54, 1.807) is 0 Å². The summed E-state index contributed by atoms with van der Waals surface area (Å²) in [5.74, 6) is -0.200. The van der Waals surface area contributed by atoms with Crippen molar-refractivity contribution in [3.05, 3.63) is 0 Å². The van der Waals surface area contributed by atoms with E-state index in [4.69, 9.17) is 9.47 Å². The van der Waals surface area contributed by atoms with Crippen LogP contribution in [0.1, 0.15) is 39.5 Å². The van der Waals surface area contributed by atoms with Crippen LogP contribution in [0.3, 0.4) is 0 Å². The maximum atomic E-state index is 10.8. The molecule has 13 heavy (non-hydrogen) atoms. The molecule has 76 valence electrons. The predicted molar refractivity (Wildman–Crippen MR) is 49.4 cm³/mol. The van der Waals surface area contributed by atoms with E-state index < -0.39 is 0 Å². The highest BCUT2D eigenvalue weighted by atomic mass is 16.6. The smallest absolute Gasteiger partial charge is 0.302 e. The molecule has 0 bridgehead atoms. The van der Waals surface area contributed by atoms with E-state index in [1.807, 2.05) is 0 Å². The standard InChI is InChI=1S/C10H18O3/c1-3-9-10(13-8(2)11)6-4-5-7-12-9/h9-10H,3-7H2,1-2H3/t9-,10-/m0/s1. The Hall–Kier alpha value is -0.570. The number of ether oxygens (including phenoxy) is 2. The van der Waals surface area contributed by atoms with Crippen LogP contribution in [0.5, 0.6) is 0 Å². The number of carbonyl (C=O) groups is 1. The van der Waals surface area contributed by atoms with E-state index in [2.05, 4.69) is 6.92 Å². The Balaban J connectivity index is 2.48. The van der Waals surface area contributed by atoms with E-state index in [9.17, 15) is 4.79 Å². The third kappa shape index (κ3) is 3.35. The van der Waals surface area contributed by atoms with Crippen LogP contribution in [0.25, 0.3) is 0 Å². The van der Waals surface area contributed by atoms with Crippen LogP contribution in [0.4, 0.5) is 0 Å². The molecule has 1 aliphatic heterocycles. The minimum Gasteiger partial charge on any atom is -0.460 e. The molecule has 1 aliphatic rings. The van der Waals surface area contributed by atoms with Crippen molar-refractivity contribution in [2.75, 3.05) is 6.61 Å². The largest absolute Gasteiger partial charge is 0.460 e. The number of hydrogen-bond donors (Lipinski definition) is 0. The molecule has 0 aromatic carbocycles. The molecule has 3 nitrogen and oxygen atoms in total. The van der Waals surface area contributed by atoms with E-state index in [1.165, 1.54) is 6.92 Å². The van der Waals surface area contributed by atoms with Gasteiger partial charge in [0.2, 0.25) is 0 Å². The summed E-state index contributed by atoms with van der Waals surface area (Å²) in [7, 11) is 0. The normalized spacial score (nSPS) is 29.4. The molecule has 0 aliphatic carbocycles. The van der Waals surface area contributed by atoms with Crippen molar-refractivity contribution in [2.45, 2.75) is 51.7 Å². The van der Waals surface area contributed by atoms with Crippen molar-refractivity contribution in [1.29, 1.82) is 0 Å². The molecule has 0 radical (unpaired) electrons. The number of hydrogen-bond acceptors (Lipinski definition) is 3. The summed E-state index contributed by atoms with van der Waals surface area (Å²) in [6.07, 6.45) is 4.11. The van der Waals surface area contributed by atoms with Gasteiger partial charge in [-0.3, -0.25) is 4.79 Å². The topological polar surface area (TPSA) is 35.5 Å². The third-order valence-electron chi connectivity index (χ3n) is 2.35. The van der Waals surface area contributed by atoms with Crippen molar-refractivity contribution in [2.24, 2.45) is 0 Å². The molecule has 1 rings (SSSR count). The van der Waals surface area contributed by atoms with E-state index in [0.29, 0.717) is 0 Å². The van der Waals surface area contributed by atoms with Gasteiger partial charge in [0.15, 0.2) is 0 Å². The number of esters is 1. The summed E-state index contributed by atoms with van der Waals surface area (Å²) >= 11 is 0. The highest BCUT2D eigenvalue weighted by Crippen LogP contribution is 2.19. The van der Waals surface area contributed by atoms with Crippen LogP contribution in [0, 0.1) is 0 Å². The fraction of sp³-hybridized carbons (Fsp3) is 0.900. The van der Waals surface area contributed by atoms with Gasteiger partial charge >= 0.3 is 5.97 Å². The molecule has 0 aromatic rings. The molecule has 1 fully saturated rings. The quantitative estimate of drug-likeness (QED) is 0.618. The Bertz CT molecular complexity index is 168. The molecule has 0 N–H and O–H groups in total. The van der Waals surface area contributed by atoms with Gasteiger partial charge in [-0.05, 0) is 25.7 Å². The summed E-state index contributed by atoms with van der Waals surface area (Å²) < 4.78 is 10.8. The zero-order valence-electron chi connectivity index (χ0n) is 8.41. The lowest BCUT2D eigenvalue weighted by atomic mass is 10.1. The molecule has 2 atom stereocenters. The van der Waals surface area contributed by atoms with Gasteiger partial charge in [0.25, 0.3) is 0 Å². The van der Waals surface area contributed by atoms with Gasteiger partial charge in [0, 0.05) is 13.5 Å². The maximum absolute atomic E-state index is 10.8. The third-order valence-corrected chi connectivity index (χ3v) is 2.35. The first-order valence-electron chi connectivity index (χ1n) is 5.03. The van der Waals surface area contributed by atoms with Gasteiger partial charge in [0.1, 0.15) is 6.10 Å². The van der Waals surface area contributed by atoms with Gasteiger partial charge in [-0.25, -0.2) is 0 Å². The van der Waals surface area contributed by atoms with Crippen molar-refractivity contribution < 1.29 is 14.3 Å². The lowest BCUT2D eigenvalue weighted by Crippen LogP contribution is -2.31. The van der Waals surface area contributed by atoms with Crippen LogP contribution in [0.15, 0.2) is 0 Å². The van der Waals surface area contributed by atoms with Gasteiger partial charge in [-0.2, -0.15) is 0 Å². The minimum atomic E-state index is -0.200. The molecular formula is C10H18O3. The number of carbonyl (C=O) groups excluding carboxylic acids is 1. The summed E-state index contributed by atoms with van der Waals surface area (Å²) in [5, 5.41) is 0. The average Bonchev–Trinajstić information content (AvgIpc) is 2.28. The molecule has 0 unspecified atom stereocenters. The predicted octanol–water partition coefficient (Wildman–Crippen LogP) is 1.90. The SMILES string of the molecule is CC[C@@H]1OCCCC[C@@H]1OC(C)=O. The highest BCUT2D eigenvalue weighted by Gasteiger charge is 2.25. The van der Waals surface area contributed by atoms with Gasteiger partial charge < -0.3 is 9.47 Å². The first kappa shape index (κ1) is 10.5. The van der Waals surface area contributed by atoms with Crippen molar-refractivity contribution in [3.8, 4) is 0 Å². The zero-order chi connectivity index (χ0) is 9.68. The molecule has 0 spiro atoms. The summed E-state index contributed by atoms with van der Waals surface area (Å²) in [5.41, 5.74) is 0. The molecular weight excluding hydrogens is 168 g/mol. The first-order valence-corrected chi connectivity index (χ1v) is 5.03. The van der Waals surface area contributed by atoms with E-state index in [-0.39, 0.29) is 18.2 Å². The molecule has 0 aromatic heterocycles. The maximum Gasteiger partial charge on any atom is 0.302 e.